The maximum Gasteiger partial charge on any atom is 0.279 e. The average molecular weight is 236 g/mol. The normalized spacial score (nSPS) is 15.7. The smallest absolute Gasteiger partial charge is 0.279 e. The molecule has 1 heterocycles. The first-order valence-electron chi connectivity index (χ1n) is 5.53. The van der Waals surface area contributed by atoms with Crippen molar-refractivity contribution in [3.8, 4) is 0 Å². The van der Waals surface area contributed by atoms with Crippen molar-refractivity contribution in [3.63, 3.8) is 0 Å². The molecule has 0 amide bonds. The Balaban J connectivity index is 2.22. The summed E-state index contributed by atoms with van der Waals surface area (Å²) in [5, 5.41) is 10.8. The summed E-state index contributed by atoms with van der Waals surface area (Å²) < 4.78 is 12.9. The molecule has 0 bridgehead atoms. The molecule has 0 saturated carbocycles. The molecule has 0 unspecified atom stereocenters. The molecule has 0 atom stereocenters. The van der Waals surface area contributed by atoms with E-state index in [0.717, 1.165) is 32.0 Å². The van der Waals surface area contributed by atoms with Crippen LogP contribution in [0.2, 0.25) is 0 Å². The Labute approximate surface area is 98.5 Å². The highest BCUT2D eigenvalue weighted by molar-refractivity contribution is 5.60. The van der Waals surface area contributed by atoms with Crippen LogP contribution in [0.5, 0.6) is 0 Å². The van der Waals surface area contributed by atoms with E-state index >= 15 is 0 Å². The first kappa shape index (κ1) is 11.6. The topological polar surface area (TPSA) is 46.4 Å². The minimum atomic E-state index is -0.588. The lowest BCUT2D eigenvalue weighted by molar-refractivity contribution is -0.385. The van der Waals surface area contributed by atoms with E-state index in [4.69, 9.17) is 0 Å². The molecule has 1 aromatic rings. The van der Waals surface area contributed by atoms with Crippen LogP contribution in [0, 0.1) is 15.9 Å². The zero-order chi connectivity index (χ0) is 12.3. The van der Waals surface area contributed by atoms with Gasteiger partial charge in [0.25, 0.3) is 5.69 Å². The van der Waals surface area contributed by atoms with Crippen molar-refractivity contribution < 1.29 is 9.31 Å². The number of nitro benzene ring substituents is 1. The van der Waals surface area contributed by atoms with E-state index in [2.05, 4.69) is 4.90 Å². The number of nitrogens with zero attached hydrogens (tertiary/aromatic N) is 2. The molecule has 0 aliphatic carbocycles. The second-order valence-electron chi connectivity index (χ2n) is 4.02. The third-order valence-corrected chi connectivity index (χ3v) is 2.79. The fourth-order valence-electron chi connectivity index (χ4n) is 1.89. The zero-order valence-corrected chi connectivity index (χ0v) is 9.30. The maximum absolute atomic E-state index is 12.9. The molecule has 2 rings (SSSR count). The van der Waals surface area contributed by atoms with Crippen LogP contribution >= 0.6 is 0 Å². The Morgan fingerprint density at radius 2 is 2.06 bits per heavy atom. The van der Waals surface area contributed by atoms with Crippen LogP contribution in [-0.4, -0.2) is 22.9 Å². The van der Waals surface area contributed by atoms with Gasteiger partial charge in [-0.1, -0.05) is 0 Å². The van der Waals surface area contributed by atoms with Gasteiger partial charge < -0.3 is 4.90 Å². The Kier molecular flexibility index (Phi) is 3.37. The lowest BCUT2D eigenvalue weighted by Gasteiger charge is -2.09. The first-order chi connectivity index (χ1) is 8.16. The highest BCUT2D eigenvalue weighted by atomic mass is 19.1. The molecule has 1 saturated heterocycles. The van der Waals surface area contributed by atoms with E-state index < -0.39 is 10.7 Å². The third-order valence-electron chi connectivity index (χ3n) is 2.79. The van der Waals surface area contributed by atoms with Gasteiger partial charge in [-0.25, -0.2) is 4.39 Å². The second-order valence-corrected chi connectivity index (χ2v) is 4.02. The Hall–Kier alpha value is -1.91. The number of halogens is 1. The minimum absolute atomic E-state index is 0.194. The number of rotatable bonds is 3. The van der Waals surface area contributed by atoms with Crippen molar-refractivity contribution in [1.82, 2.24) is 4.90 Å². The van der Waals surface area contributed by atoms with Crippen LogP contribution in [-0.2, 0) is 0 Å². The van der Waals surface area contributed by atoms with E-state index in [0.29, 0.717) is 5.56 Å². The Morgan fingerprint density at radius 1 is 1.35 bits per heavy atom. The largest absolute Gasteiger partial charge is 0.377 e. The highest BCUT2D eigenvalue weighted by Crippen LogP contribution is 2.21. The van der Waals surface area contributed by atoms with E-state index in [-0.39, 0.29) is 5.69 Å². The summed E-state index contributed by atoms with van der Waals surface area (Å²) in [4.78, 5) is 12.3. The van der Waals surface area contributed by atoms with Gasteiger partial charge in [-0.15, -0.1) is 0 Å². The van der Waals surface area contributed by atoms with Crippen LogP contribution in [0.15, 0.2) is 24.4 Å². The van der Waals surface area contributed by atoms with Crippen molar-refractivity contribution in [2.45, 2.75) is 12.8 Å². The van der Waals surface area contributed by atoms with Crippen LogP contribution in [0.3, 0.4) is 0 Å². The quantitative estimate of drug-likeness (QED) is 0.598. The molecule has 0 aromatic heterocycles. The fourth-order valence-corrected chi connectivity index (χ4v) is 1.89. The van der Waals surface area contributed by atoms with Crippen molar-refractivity contribution in [2.75, 3.05) is 13.1 Å². The second kappa shape index (κ2) is 4.95. The number of benzene rings is 1. The SMILES string of the molecule is O=[N+]([O-])c1cc(F)ccc1C=CN1CCCC1. The summed E-state index contributed by atoms with van der Waals surface area (Å²) >= 11 is 0. The van der Waals surface area contributed by atoms with E-state index in [1.165, 1.54) is 12.1 Å². The van der Waals surface area contributed by atoms with E-state index in [1.54, 1.807) is 6.08 Å². The predicted molar refractivity (Wildman–Crippen MR) is 62.9 cm³/mol. The number of nitro groups is 1. The molecule has 1 aliphatic heterocycles. The summed E-state index contributed by atoms with van der Waals surface area (Å²) in [7, 11) is 0. The van der Waals surface area contributed by atoms with Gasteiger partial charge in [0.2, 0.25) is 0 Å². The van der Waals surface area contributed by atoms with Gasteiger partial charge in [-0.3, -0.25) is 10.1 Å². The number of hydrogen-bond acceptors (Lipinski definition) is 3. The first-order valence-corrected chi connectivity index (χ1v) is 5.53. The molecule has 1 aliphatic rings. The van der Waals surface area contributed by atoms with Crippen molar-refractivity contribution in [3.05, 3.63) is 45.9 Å². The van der Waals surface area contributed by atoms with E-state index in [1.807, 2.05) is 6.20 Å². The molecule has 4 nitrogen and oxygen atoms in total. The zero-order valence-electron chi connectivity index (χ0n) is 9.30. The Bertz CT molecular complexity index is 454. The van der Waals surface area contributed by atoms with E-state index in [9.17, 15) is 14.5 Å². The summed E-state index contributed by atoms with van der Waals surface area (Å²) in [6, 6.07) is 3.61. The van der Waals surface area contributed by atoms with Gasteiger partial charge >= 0.3 is 0 Å². The minimum Gasteiger partial charge on any atom is -0.377 e. The predicted octanol–water partition coefficient (Wildman–Crippen LogP) is 2.80. The number of hydrogen-bond donors (Lipinski definition) is 0. The molecule has 5 heteroatoms. The van der Waals surface area contributed by atoms with Crippen molar-refractivity contribution in [2.24, 2.45) is 0 Å². The summed E-state index contributed by atoms with van der Waals surface area (Å²) in [6.07, 6.45) is 5.81. The molecule has 90 valence electrons. The van der Waals surface area contributed by atoms with Gasteiger partial charge in [0.05, 0.1) is 16.6 Å². The standard InChI is InChI=1S/C12H13FN2O2/c13-11-4-3-10(12(9-11)15(16)17)5-8-14-6-1-2-7-14/h3-5,8-9H,1-2,6-7H2. The molecular weight excluding hydrogens is 223 g/mol. The number of likely N-dealkylation sites (tertiary alicyclic amines) is 1. The van der Waals surface area contributed by atoms with Crippen molar-refractivity contribution in [1.29, 1.82) is 0 Å². The molecular formula is C12H13FN2O2. The maximum atomic E-state index is 12.9. The third kappa shape index (κ3) is 2.81. The molecule has 1 fully saturated rings. The molecule has 0 spiro atoms. The molecule has 0 N–H and O–H groups in total. The molecule has 17 heavy (non-hydrogen) atoms. The molecule has 0 radical (unpaired) electrons. The van der Waals surface area contributed by atoms with Crippen LogP contribution in [0.25, 0.3) is 6.08 Å². The van der Waals surface area contributed by atoms with Gasteiger partial charge in [-0.2, -0.15) is 0 Å². The summed E-state index contributed by atoms with van der Waals surface area (Å²) in [6.45, 7) is 1.96. The Morgan fingerprint density at radius 3 is 2.71 bits per heavy atom. The summed E-state index contributed by atoms with van der Waals surface area (Å²) in [5.41, 5.74) is 0.240. The van der Waals surface area contributed by atoms with Crippen LogP contribution in [0.1, 0.15) is 18.4 Å². The van der Waals surface area contributed by atoms with Gasteiger partial charge in [-0.05, 0) is 37.3 Å². The highest BCUT2D eigenvalue weighted by Gasteiger charge is 2.13. The van der Waals surface area contributed by atoms with Crippen LogP contribution in [0.4, 0.5) is 10.1 Å². The van der Waals surface area contributed by atoms with Gasteiger partial charge in [0, 0.05) is 13.1 Å². The molecule has 1 aromatic carbocycles. The van der Waals surface area contributed by atoms with Gasteiger partial charge in [0.1, 0.15) is 5.82 Å². The summed E-state index contributed by atoms with van der Waals surface area (Å²) in [5.74, 6) is -0.588. The monoisotopic (exact) mass is 236 g/mol. The van der Waals surface area contributed by atoms with Gasteiger partial charge in [0.15, 0.2) is 0 Å². The lowest BCUT2D eigenvalue weighted by atomic mass is 10.1. The average Bonchev–Trinajstić information content (AvgIpc) is 2.80. The lowest BCUT2D eigenvalue weighted by Crippen LogP contribution is -2.10. The van der Waals surface area contributed by atoms with Crippen LogP contribution < -0.4 is 0 Å². The fraction of sp³-hybridized carbons (Fsp3) is 0.333. The van der Waals surface area contributed by atoms with Crippen molar-refractivity contribution >= 4 is 11.8 Å².